The Morgan fingerprint density at radius 3 is 2.70 bits per heavy atom. The molecule has 1 atom stereocenters. The monoisotopic (exact) mass is 271 g/mol. The molecule has 0 spiro atoms. The van der Waals surface area contributed by atoms with Gasteiger partial charge in [-0.2, -0.15) is 5.26 Å². The van der Waals surface area contributed by atoms with E-state index in [9.17, 15) is 10.4 Å². The third-order valence-electron chi connectivity index (χ3n) is 5.07. The maximum atomic E-state index is 10.9. The van der Waals surface area contributed by atoms with Crippen LogP contribution < -0.4 is 0 Å². The van der Waals surface area contributed by atoms with Gasteiger partial charge in [0.2, 0.25) is 0 Å². The average molecular weight is 271 g/mol. The number of ether oxygens (including phenoxy) is 1. The second-order valence-electron chi connectivity index (χ2n) is 6.16. The summed E-state index contributed by atoms with van der Waals surface area (Å²) >= 11 is 0. The molecule has 0 heterocycles. The van der Waals surface area contributed by atoms with Crippen molar-refractivity contribution in [3.8, 4) is 6.07 Å². The number of nitriles is 1. The van der Waals surface area contributed by atoms with Crippen LogP contribution in [-0.4, -0.2) is 23.4 Å². The van der Waals surface area contributed by atoms with E-state index < -0.39 is 11.0 Å². The molecule has 2 aliphatic rings. The lowest BCUT2D eigenvalue weighted by molar-refractivity contribution is -0.189. The highest BCUT2D eigenvalue weighted by atomic mass is 16.5. The summed E-state index contributed by atoms with van der Waals surface area (Å²) in [6.07, 6.45) is 3.59. The Bertz CT molecular complexity index is 542. The summed E-state index contributed by atoms with van der Waals surface area (Å²) in [5, 5.41) is 20.6. The predicted molar refractivity (Wildman–Crippen MR) is 76.1 cm³/mol. The van der Waals surface area contributed by atoms with E-state index >= 15 is 0 Å². The summed E-state index contributed by atoms with van der Waals surface area (Å²) in [4.78, 5) is 0. The summed E-state index contributed by atoms with van der Waals surface area (Å²) in [6, 6.07) is 10.7. The van der Waals surface area contributed by atoms with E-state index in [2.05, 4.69) is 18.2 Å². The van der Waals surface area contributed by atoms with E-state index in [0.29, 0.717) is 25.9 Å². The van der Waals surface area contributed by atoms with Gasteiger partial charge in [0, 0.05) is 19.4 Å². The van der Waals surface area contributed by atoms with Crippen LogP contribution in [0, 0.1) is 16.7 Å². The number of aryl methyl sites for hydroxylation is 1. The molecule has 3 rings (SSSR count). The standard InChI is InChI=1S/C17H21NO2/c1-2-20-15-10-17(19,11-15)16(12-18)8-7-13-5-3-4-6-14(13)9-16/h3-6,15,19H,2,7-11H2,1H3. The molecule has 0 radical (unpaired) electrons. The van der Waals surface area contributed by atoms with E-state index in [4.69, 9.17) is 4.74 Å². The second kappa shape index (κ2) is 4.87. The first-order chi connectivity index (χ1) is 9.62. The van der Waals surface area contributed by atoms with Crippen LogP contribution in [0.3, 0.4) is 0 Å². The molecule has 1 saturated carbocycles. The minimum absolute atomic E-state index is 0.118. The van der Waals surface area contributed by atoms with Gasteiger partial charge in [-0.15, -0.1) is 0 Å². The van der Waals surface area contributed by atoms with Gasteiger partial charge in [-0.1, -0.05) is 24.3 Å². The quantitative estimate of drug-likeness (QED) is 0.919. The van der Waals surface area contributed by atoms with Crippen LogP contribution in [0.1, 0.15) is 37.3 Å². The smallest absolute Gasteiger partial charge is 0.0905 e. The number of rotatable bonds is 3. The number of benzene rings is 1. The van der Waals surface area contributed by atoms with E-state index in [1.165, 1.54) is 11.1 Å². The van der Waals surface area contributed by atoms with Gasteiger partial charge < -0.3 is 9.84 Å². The molecule has 1 aromatic carbocycles. The zero-order valence-corrected chi connectivity index (χ0v) is 11.9. The van der Waals surface area contributed by atoms with Crippen molar-refractivity contribution in [3.63, 3.8) is 0 Å². The molecule has 106 valence electrons. The topological polar surface area (TPSA) is 53.2 Å². The highest BCUT2D eigenvalue weighted by Crippen LogP contribution is 2.53. The molecule has 1 unspecified atom stereocenters. The maximum absolute atomic E-state index is 10.9. The van der Waals surface area contributed by atoms with Crippen LogP contribution in [-0.2, 0) is 17.6 Å². The Morgan fingerprint density at radius 2 is 2.05 bits per heavy atom. The maximum Gasteiger partial charge on any atom is 0.0905 e. The first kappa shape index (κ1) is 13.6. The van der Waals surface area contributed by atoms with Gasteiger partial charge in [-0.05, 0) is 37.3 Å². The summed E-state index contributed by atoms with van der Waals surface area (Å²) in [5.41, 5.74) is 1.01. The molecule has 1 N–H and O–H groups in total. The summed E-state index contributed by atoms with van der Waals surface area (Å²) < 4.78 is 5.55. The fraction of sp³-hybridized carbons (Fsp3) is 0.588. The average Bonchev–Trinajstić information content (AvgIpc) is 2.45. The zero-order valence-electron chi connectivity index (χ0n) is 11.9. The van der Waals surface area contributed by atoms with Crippen LogP contribution in [0.15, 0.2) is 24.3 Å². The van der Waals surface area contributed by atoms with Crippen molar-refractivity contribution in [1.82, 2.24) is 0 Å². The molecule has 0 aliphatic heterocycles. The molecule has 1 aromatic rings. The molecule has 0 amide bonds. The summed E-state index contributed by atoms with van der Waals surface area (Å²) in [6.45, 7) is 2.64. The number of hydrogen-bond acceptors (Lipinski definition) is 3. The van der Waals surface area contributed by atoms with Gasteiger partial charge in [0.05, 0.1) is 23.2 Å². The van der Waals surface area contributed by atoms with Crippen LogP contribution >= 0.6 is 0 Å². The molecule has 2 aliphatic carbocycles. The zero-order chi connectivity index (χ0) is 14.2. The Labute approximate surface area is 120 Å². The van der Waals surface area contributed by atoms with Crippen molar-refractivity contribution in [2.75, 3.05) is 6.61 Å². The van der Waals surface area contributed by atoms with Gasteiger partial charge in [-0.25, -0.2) is 0 Å². The lowest BCUT2D eigenvalue weighted by atomic mass is 9.55. The van der Waals surface area contributed by atoms with Crippen molar-refractivity contribution in [2.45, 2.75) is 50.7 Å². The van der Waals surface area contributed by atoms with Gasteiger partial charge in [0.15, 0.2) is 0 Å². The van der Waals surface area contributed by atoms with E-state index in [0.717, 1.165) is 12.8 Å². The van der Waals surface area contributed by atoms with Crippen molar-refractivity contribution < 1.29 is 9.84 Å². The van der Waals surface area contributed by atoms with Crippen LogP contribution in [0.5, 0.6) is 0 Å². The van der Waals surface area contributed by atoms with Crippen LogP contribution in [0.25, 0.3) is 0 Å². The molecule has 3 nitrogen and oxygen atoms in total. The molecular weight excluding hydrogens is 250 g/mol. The predicted octanol–water partition coefficient (Wildman–Crippen LogP) is 2.62. The third-order valence-corrected chi connectivity index (χ3v) is 5.07. The molecule has 1 fully saturated rings. The van der Waals surface area contributed by atoms with Gasteiger partial charge in [-0.3, -0.25) is 0 Å². The molecule has 20 heavy (non-hydrogen) atoms. The van der Waals surface area contributed by atoms with Crippen molar-refractivity contribution in [1.29, 1.82) is 5.26 Å². The van der Waals surface area contributed by atoms with Crippen molar-refractivity contribution in [2.24, 2.45) is 5.41 Å². The first-order valence-corrected chi connectivity index (χ1v) is 7.44. The highest BCUT2D eigenvalue weighted by Gasteiger charge is 2.59. The number of aliphatic hydroxyl groups is 1. The second-order valence-corrected chi connectivity index (χ2v) is 6.16. The van der Waals surface area contributed by atoms with E-state index in [1.54, 1.807) is 0 Å². The van der Waals surface area contributed by atoms with E-state index in [-0.39, 0.29) is 6.10 Å². The molecular formula is C17H21NO2. The summed E-state index contributed by atoms with van der Waals surface area (Å²) in [7, 11) is 0. The Kier molecular flexibility index (Phi) is 3.32. The van der Waals surface area contributed by atoms with E-state index in [1.807, 2.05) is 19.1 Å². The Hall–Kier alpha value is -1.37. The largest absolute Gasteiger partial charge is 0.388 e. The fourth-order valence-electron chi connectivity index (χ4n) is 3.77. The molecule has 0 aromatic heterocycles. The minimum Gasteiger partial charge on any atom is -0.388 e. The number of hydrogen-bond donors (Lipinski definition) is 1. The van der Waals surface area contributed by atoms with Gasteiger partial charge in [0.1, 0.15) is 0 Å². The molecule has 3 heteroatoms. The molecule has 0 bridgehead atoms. The third kappa shape index (κ3) is 1.95. The van der Waals surface area contributed by atoms with Gasteiger partial charge >= 0.3 is 0 Å². The Balaban J connectivity index is 1.83. The Morgan fingerprint density at radius 1 is 1.35 bits per heavy atom. The minimum atomic E-state index is -0.880. The van der Waals surface area contributed by atoms with Crippen molar-refractivity contribution >= 4 is 0 Å². The molecule has 0 saturated heterocycles. The lowest BCUT2D eigenvalue weighted by Gasteiger charge is -2.53. The number of nitrogens with zero attached hydrogens (tertiary/aromatic N) is 1. The van der Waals surface area contributed by atoms with Crippen LogP contribution in [0.2, 0.25) is 0 Å². The highest BCUT2D eigenvalue weighted by molar-refractivity contribution is 5.35. The fourth-order valence-corrected chi connectivity index (χ4v) is 3.77. The lowest BCUT2D eigenvalue weighted by Crippen LogP contribution is -2.61. The SMILES string of the molecule is CCOC1CC(O)(C2(C#N)CCc3ccccc3C2)C1. The van der Waals surface area contributed by atoms with Gasteiger partial charge in [0.25, 0.3) is 0 Å². The normalized spacial score (nSPS) is 35.8. The first-order valence-electron chi connectivity index (χ1n) is 7.44. The number of fused-ring (bicyclic) bond motifs is 1. The van der Waals surface area contributed by atoms with Crippen molar-refractivity contribution in [3.05, 3.63) is 35.4 Å². The van der Waals surface area contributed by atoms with Crippen LogP contribution in [0.4, 0.5) is 0 Å². The summed E-state index contributed by atoms with van der Waals surface area (Å²) in [5.74, 6) is 0.